The van der Waals surface area contributed by atoms with Crippen LogP contribution in [0.5, 0.6) is 0 Å². The maximum atomic E-state index is 4.65. The van der Waals surface area contributed by atoms with Gasteiger partial charge < -0.3 is 9.80 Å². The molecule has 0 N–H and O–H groups in total. The van der Waals surface area contributed by atoms with Crippen molar-refractivity contribution in [3.05, 3.63) is 78.3 Å². The number of pyridine rings is 1. The van der Waals surface area contributed by atoms with Crippen LogP contribution in [0.4, 0.5) is 0 Å². The first-order valence-electron chi connectivity index (χ1n) is 7.23. The molecule has 4 rings (SSSR count). The Morgan fingerprint density at radius 3 is 2.68 bits per heavy atom. The van der Waals surface area contributed by atoms with Gasteiger partial charge in [0.15, 0.2) is 0 Å². The Labute approximate surface area is 129 Å². The van der Waals surface area contributed by atoms with Gasteiger partial charge in [0, 0.05) is 24.8 Å². The van der Waals surface area contributed by atoms with E-state index >= 15 is 0 Å². The normalized spacial score (nSPS) is 25.2. The van der Waals surface area contributed by atoms with Gasteiger partial charge in [0.05, 0.1) is 17.6 Å². The quantitative estimate of drug-likeness (QED) is 0.837. The molecular formula is C17H17N5. The van der Waals surface area contributed by atoms with Crippen molar-refractivity contribution in [2.24, 2.45) is 4.99 Å². The van der Waals surface area contributed by atoms with Crippen molar-refractivity contribution in [3.63, 3.8) is 0 Å². The fraction of sp³-hybridized carbons (Fsp3) is 0.176. The first-order chi connectivity index (χ1) is 10.8. The van der Waals surface area contributed by atoms with Gasteiger partial charge in [0.1, 0.15) is 5.69 Å². The molecule has 22 heavy (non-hydrogen) atoms. The van der Waals surface area contributed by atoms with Crippen LogP contribution in [0.15, 0.2) is 77.6 Å². The summed E-state index contributed by atoms with van der Waals surface area (Å²) < 4.78 is 0. The molecule has 0 aliphatic carbocycles. The summed E-state index contributed by atoms with van der Waals surface area (Å²) in [5.74, 6) is -0.532. The zero-order chi connectivity index (χ0) is 15.2. The first-order valence-corrected chi connectivity index (χ1v) is 7.23. The third-order valence-corrected chi connectivity index (χ3v) is 4.18. The molecule has 1 unspecified atom stereocenters. The number of aromatic nitrogens is 1. The van der Waals surface area contributed by atoms with E-state index in [-0.39, 0.29) is 0 Å². The molecule has 3 aliphatic rings. The number of allylic oxidation sites excluding steroid dienone is 4. The Balaban J connectivity index is 2.00. The minimum absolute atomic E-state index is 0.532. The molecule has 5 nitrogen and oxygen atoms in total. The lowest BCUT2D eigenvalue weighted by atomic mass is 10.1. The Kier molecular flexibility index (Phi) is 2.77. The van der Waals surface area contributed by atoms with Gasteiger partial charge >= 0.3 is 0 Å². The van der Waals surface area contributed by atoms with Crippen molar-refractivity contribution in [2.75, 3.05) is 14.1 Å². The lowest BCUT2D eigenvalue weighted by Gasteiger charge is -2.48. The third-order valence-electron chi connectivity index (χ3n) is 4.18. The Bertz CT molecular complexity index is 702. The van der Waals surface area contributed by atoms with Gasteiger partial charge in [-0.1, -0.05) is 12.1 Å². The number of fused-ring (bicyclic) bond motifs is 2. The predicted molar refractivity (Wildman–Crippen MR) is 86.2 cm³/mol. The number of aliphatic imine (C=N–C) groups is 1. The van der Waals surface area contributed by atoms with Crippen LogP contribution in [0, 0.1) is 0 Å². The number of nitrogens with zero attached hydrogens (tertiary/aromatic N) is 5. The molecule has 3 aliphatic heterocycles. The summed E-state index contributed by atoms with van der Waals surface area (Å²) in [6.07, 6.45) is 15.9. The van der Waals surface area contributed by atoms with E-state index in [0.717, 1.165) is 17.1 Å². The molecule has 0 amide bonds. The Hall–Kier alpha value is -2.66. The van der Waals surface area contributed by atoms with Crippen LogP contribution in [-0.2, 0) is 5.79 Å². The van der Waals surface area contributed by atoms with Crippen molar-refractivity contribution in [3.8, 4) is 0 Å². The summed E-state index contributed by atoms with van der Waals surface area (Å²) in [5.41, 5.74) is 3.16. The lowest BCUT2D eigenvalue weighted by Crippen LogP contribution is -2.58. The molecule has 1 aromatic heterocycles. The minimum atomic E-state index is -0.532. The smallest absolute Gasteiger partial charge is 0.224 e. The molecule has 5 heteroatoms. The van der Waals surface area contributed by atoms with Gasteiger partial charge in [-0.2, -0.15) is 0 Å². The summed E-state index contributed by atoms with van der Waals surface area (Å²) in [6, 6.07) is 6.03. The van der Waals surface area contributed by atoms with Crippen LogP contribution >= 0.6 is 0 Å². The van der Waals surface area contributed by atoms with Crippen LogP contribution in [-0.4, -0.2) is 40.0 Å². The maximum Gasteiger partial charge on any atom is 0.224 e. The van der Waals surface area contributed by atoms with Crippen LogP contribution < -0.4 is 0 Å². The van der Waals surface area contributed by atoms with Crippen LogP contribution in [0.3, 0.4) is 0 Å². The van der Waals surface area contributed by atoms with Crippen molar-refractivity contribution in [1.82, 2.24) is 19.7 Å². The second kappa shape index (κ2) is 4.68. The average Bonchev–Trinajstić information content (AvgIpc) is 2.87. The molecule has 0 radical (unpaired) electrons. The molecule has 0 saturated heterocycles. The number of rotatable bonds is 2. The first kappa shape index (κ1) is 13.0. The molecule has 1 atom stereocenters. The van der Waals surface area contributed by atoms with Gasteiger partial charge in [-0.25, -0.2) is 0 Å². The number of hydrogen-bond donors (Lipinski definition) is 0. The van der Waals surface area contributed by atoms with Crippen molar-refractivity contribution < 1.29 is 0 Å². The van der Waals surface area contributed by atoms with E-state index in [1.54, 1.807) is 0 Å². The largest absolute Gasteiger partial charge is 0.304 e. The molecule has 4 heterocycles. The molecule has 0 fully saturated rings. The van der Waals surface area contributed by atoms with E-state index in [4.69, 9.17) is 0 Å². The highest BCUT2D eigenvalue weighted by Gasteiger charge is 2.53. The summed E-state index contributed by atoms with van der Waals surface area (Å²) >= 11 is 0. The zero-order valence-electron chi connectivity index (χ0n) is 12.6. The van der Waals surface area contributed by atoms with Crippen molar-refractivity contribution in [1.29, 1.82) is 0 Å². The second-order valence-corrected chi connectivity index (χ2v) is 5.53. The number of hydrogen-bond acceptors (Lipinski definition) is 5. The van der Waals surface area contributed by atoms with Gasteiger partial charge in [-0.05, 0) is 38.4 Å². The lowest BCUT2D eigenvalue weighted by molar-refractivity contribution is -0.0617. The molecule has 0 aromatic carbocycles. The highest BCUT2D eigenvalue weighted by atomic mass is 15.6. The van der Waals surface area contributed by atoms with E-state index in [9.17, 15) is 0 Å². The molecule has 0 spiro atoms. The standard InChI is InChI=1S/C17H17N5/c1-20(2)17(16-8-3-5-9-19-16)21-11-6-4-7-14(21)15-13-18-10-12-22(15)17/h3-13H,1-2H3. The summed E-state index contributed by atoms with van der Waals surface area (Å²) in [7, 11) is 4.14. The van der Waals surface area contributed by atoms with Crippen LogP contribution in [0.25, 0.3) is 0 Å². The van der Waals surface area contributed by atoms with Gasteiger partial charge in [-0.15, -0.1) is 0 Å². The molecule has 0 bridgehead atoms. The summed E-state index contributed by atoms with van der Waals surface area (Å²) in [6.45, 7) is 0. The summed E-state index contributed by atoms with van der Waals surface area (Å²) in [4.78, 5) is 15.6. The van der Waals surface area contributed by atoms with Gasteiger partial charge in [0.25, 0.3) is 0 Å². The van der Waals surface area contributed by atoms with Gasteiger partial charge in [0.2, 0.25) is 5.79 Å². The third kappa shape index (κ3) is 1.51. The molecule has 0 saturated carbocycles. The molecule has 110 valence electrons. The molecular weight excluding hydrogens is 274 g/mol. The Morgan fingerprint density at radius 1 is 1.05 bits per heavy atom. The van der Waals surface area contributed by atoms with Crippen LogP contribution in [0.2, 0.25) is 0 Å². The molecule has 1 aromatic rings. The topological polar surface area (TPSA) is 35.0 Å². The van der Waals surface area contributed by atoms with E-state index < -0.39 is 5.79 Å². The van der Waals surface area contributed by atoms with Crippen LogP contribution in [0.1, 0.15) is 5.69 Å². The highest BCUT2D eigenvalue weighted by Crippen LogP contribution is 2.47. The zero-order valence-corrected chi connectivity index (χ0v) is 12.6. The highest BCUT2D eigenvalue weighted by molar-refractivity contribution is 5.83. The minimum Gasteiger partial charge on any atom is -0.304 e. The van der Waals surface area contributed by atoms with Crippen molar-refractivity contribution >= 4 is 6.21 Å². The predicted octanol–water partition coefficient (Wildman–Crippen LogP) is 2.22. The SMILES string of the molecule is CN(C)C1(c2ccccn2)N2C=CC=CC2=C2C=NC=CN21. The Morgan fingerprint density at radius 2 is 1.91 bits per heavy atom. The van der Waals surface area contributed by atoms with E-state index in [2.05, 4.69) is 57.1 Å². The van der Waals surface area contributed by atoms with Crippen molar-refractivity contribution in [2.45, 2.75) is 5.79 Å². The fourth-order valence-corrected chi connectivity index (χ4v) is 3.33. The average molecular weight is 291 g/mol. The fourth-order valence-electron chi connectivity index (χ4n) is 3.33. The summed E-state index contributed by atoms with van der Waals surface area (Å²) in [5, 5.41) is 0. The maximum absolute atomic E-state index is 4.65. The van der Waals surface area contributed by atoms with E-state index in [1.165, 1.54) is 0 Å². The second-order valence-electron chi connectivity index (χ2n) is 5.53. The van der Waals surface area contributed by atoms with E-state index in [1.807, 2.05) is 49.1 Å². The monoisotopic (exact) mass is 291 g/mol. The van der Waals surface area contributed by atoms with E-state index in [0.29, 0.717) is 0 Å². The van der Waals surface area contributed by atoms with Gasteiger partial charge in [-0.3, -0.25) is 14.9 Å².